The summed E-state index contributed by atoms with van der Waals surface area (Å²) in [4.78, 5) is 46.1. The second kappa shape index (κ2) is 16.6. The van der Waals surface area contributed by atoms with Crippen LogP contribution in [0.5, 0.6) is 0 Å². The molecule has 2 aliphatic heterocycles. The first-order valence-electron chi connectivity index (χ1n) is 12.1. The number of rotatable bonds is 18. The molecule has 11 nitrogen and oxygen atoms in total. The molecule has 0 saturated carbocycles. The fourth-order valence-electron chi connectivity index (χ4n) is 3.80. The van der Waals surface area contributed by atoms with Crippen LogP contribution >= 0.6 is 11.8 Å². The molecule has 0 aromatic carbocycles. The molecule has 2 rings (SSSR count). The van der Waals surface area contributed by atoms with E-state index in [9.17, 15) is 19.2 Å². The third-order valence-corrected chi connectivity index (χ3v) is 7.00. The molecule has 0 aromatic rings. The van der Waals surface area contributed by atoms with E-state index in [0.717, 1.165) is 31.4 Å². The Hall–Kier alpha value is -2.05. The van der Waals surface area contributed by atoms with Crippen molar-refractivity contribution in [1.82, 2.24) is 26.6 Å². The van der Waals surface area contributed by atoms with Gasteiger partial charge in [0.2, 0.25) is 17.7 Å². The molecule has 3 unspecified atom stereocenters. The summed E-state index contributed by atoms with van der Waals surface area (Å²) in [5.74, 6) is 0.516. The van der Waals surface area contributed by atoms with Crippen LogP contribution in [0.3, 0.4) is 0 Å². The van der Waals surface area contributed by atoms with Crippen LogP contribution in [0, 0.1) is 0 Å². The van der Waals surface area contributed by atoms with Crippen molar-refractivity contribution < 1.29 is 28.7 Å². The summed E-state index contributed by atoms with van der Waals surface area (Å²) in [7, 11) is 0. The van der Waals surface area contributed by atoms with Gasteiger partial charge in [-0.1, -0.05) is 6.42 Å². The minimum atomic E-state index is -0.263. The molecule has 2 heterocycles. The Bertz CT molecular complexity index is 668. The van der Waals surface area contributed by atoms with Crippen molar-refractivity contribution in [2.75, 3.05) is 51.8 Å². The van der Waals surface area contributed by atoms with Crippen molar-refractivity contribution in [2.45, 2.75) is 62.8 Å². The molecule has 194 valence electrons. The van der Waals surface area contributed by atoms with Gasteiger partial charge >= 0.3 is 6.03 Å². The highest BCUT2D eigenvalue weighted by Gasteiger charge is 2.42. The summed E-state index contributed by atoms with van der Waals surface area (Å²) in [5, 5.41) is 14.6. The van der Waals surface area contributed by atoms with Crippen LogP contribution in [0.25, 0.3) is 0 Å². The van der Waals surface area contributed by atoms with Crippen molar-refractivity contribution >= 4 is 35.5 Å². The van der Waals surface area contributed by atoms with Crippen molar-refractivity contribution in [2.24, 2.45) is 0 Å². The molecular weight excluding hydrogens is 462 g/mol. The van der Waals surface area contributed by atoms with Crippen LogP contribution in [0.4, 0.5) is 4.79 Å². The third-order valence-electron chi connectivity index (χ3n) is 5.50. The van der Waals surface area contributed by atoms with E-state index in [1.165, 1.54) is 0 Å². The normalized spacial score (nSPS) is 20.9. The molecule has 2 saturated heterocycles. The van der Waals surface area contributed by atoms with Crippen LogP contribution in [-0.2, 0) is 23.9 Å². The van der Waals surface area contributed by atoms with Gasteiger partial charge in [0.15, 0.2) is 0 Å². The van der Waals surface area contributed by atoms with Gasteiger partial charge in [-0.25, -0.2) is 4.79 Å². The SMILES string of the molecule is CCNC(=O)COCC(=O)NCCCOCCCNC(=O)CCCCC1SCC2NC(=O)NC21. The zero-order chi connectivity index (χ0) is 24.6. The van der Waals surface area contributed by atoms with E-state index in [2.05, 4.69) is 26.6 Å². The Morgan fingerprint density at radius 1 is 0.912 bits per heavy atom. The molecule has 0 bridgehead atoms. The van der Waals surface area contributed by atoms with Gasteiger partial charge in [-0.05, 0) is 32.6 Å². The molecule has 2 aliphatic rings. The van der Waals surface area contributed by atoms with Gasteiger partial charge in [0.1, 0.15) is 13.2 Å². The quantitative estimate of drug-likeness (QED) is 0.130. The van der Waals surface area contributed by atoms with Crippen LogP contribution < -0.4 is 26.6 Å². The molecule has 34 heavy (non-hydrogen) atoms. The molecule has 0 aromatic heterocycles. The number of thioether (sulfide) groups is 1. The Morgan fingerprint density at radius 2 is 1.59 bits per heavy atom. The fraction of sp³-hybridized carbons (Fsp3) is 0.818. The largest absolute Gasteiger partial charge is 0.381 e. The molecule has 0 spiro atoms. The van der Waals surface area contributed by atoms with E-state index in [1.54, 1.807) is 0 Å². The lowest BCUT2D eigenvalue weighted by Gasteiger charge is -2.16. The van der Waals surface area contributed by atoms with Crippen molar-refractivity contribution in [3.63, 3.8) is 0 Å². The average Bonchev–Trinajstić information content (AvgIpc) is 3.35. The number of hydrogen-bond acceptors (Lipinski definition) is 7. The van der Waals surface area contributed by atoms with Crippen LogP contribution in [0.2, 0.25) is 0 Å². The Labute approximate surface area is 205 Å². The molecule has 5 amide bonds. The molecule has 0 radical (unpaired) electrons. The Kier molecular flexibility index (Phi) is 13.7. The number of carbonyl (C=O) groups is 4. The van der Waals surface area contributed by atoms with Gasteiger partial charge in [0.05, 0.1) is 12.1 Å². The highest BCUT2D eigenvalue weighted by atomic mass is 32.2. The lowest BCUT2D eigenvalue weighted by Crippen LogP contribution is -2.36. The first kappa shape index (κ1) is 28.2. The third kappa shape index (κ3) is 11.4. The number of urea groups is 1. The van der Waals surface area contributed by atoms with Crippen LogP contribution in [0.1, 0.15) is 45.4 Å². The zero-order valence-electron chi connectivity index (χ0n) is 20.0. The molecule has 0 aliphatic carbocycles. The van der Waals surface area contributed by atoms with E-state index >= 15 is 0 Å². The molecule has 2 fully saturated rings. The number of hydrogen-bond donors (Lipinski definition) is 5. The summed E-state index contributed by atoms with van der Waals surface area (Å²) in [6, 6.07) is 0.408. The maximum atomic E-state index is 12.0. The minimum absolute atomic E-state index is 0.0601. The summed E-state index contributed by atoms with van der Waals surface area (Å²) < 4.78 is 10.5. The first-order chi connectivity index (χ1) is 16.5. The second-order valence-corrected chi connectivity index (χ2v) is 9.61. The van der Waals surface area contributed by atoms with Gasteiger partial charge < -0.3 is 36.1 Å². The zero-order valence-corrected chi connectivity index (χ0v) is 20.8. The van der Waals surface area contributed by atoms with Gasteiger partial charge in [-0.2, -0.15) is 11.8 Å². The lowest BCUT2D eigenvalue weighted by atomic mass is 10.0. The van der Waals surface area contributed by atoms with E-state index in [0.29, 0.717) is 50.9 Å². The summed E-state index contributed by atoms with van der Waals surface area (Å²) >= 11 is 1.90. The number of unbranched alkanes of at least 4 members (excludes halogenated alkanes) is 1. The van der Waals surface area contributed by atoms with Crippen molar-refractivity contribution in [1.29, 1.82) is 0 Å². The summed E-state index contributed by atoms with van der Waals surface area (Å²) in [6.45, 7) is 4.20. The van der Waals surface area contributed by atoms with E-state index in [1.807, 2.05) is 18.7 Å². The number of ether oxygens (including phenoxy) is 2. The van der Waals surface area contributed by atoms with E-state index in [-0.39, 0.29) is 49.1 Å². The fourth-order valence-corrected chi connectivity index (χ4v) is 5.35. The minimum Gasteiger partial charge on any atom is -0.381 e. The van der Waals surface area contributed by atoms with Crippen molar-refractivity contribution in [3.8, 4) is 0 Å². The highest BCUT2D eigenvalue weighted by molar-refractivity contribution is 8.00. The molecule has 12 heteroatoms. The predicted molar refractivity (Wildman–Crippen MR) is 130 cm³/mol. The first-order valence-corrected chi connectivity index (χ1v) is 13.2. The molecular formula is C22H39N5O6S. The van der Waals surface area contributed by atoms with Gasteiger partial charge in [0.25, 0.3) is 0 Å². The van der Waals surface area contributed by atoms with Crippen molar-refractivity contribution in [3.05, 3.63) is 0 Å². The van der Waals surface area contributed by atoms with Crippen LogP contribution in [-0.4, -0.2) is 92.9 Å². The number of likely N-dealkylation sites (N-methyl/N-ethyl adjacent to an activating group) is 1. The smallest absolute Gasteiger partial charge is 0.315 e. The van der Waals surface area contributed by atoms with E-state index < -0.39 is 0 Å². The maximum Gasteiger partial charge on any atom is 0.315 e. The predicted octanol–water partition coefficient (Wildman–Crippen LogP) is -0.106. The van der Waals surface area contributed by atoms with Gasteiger partial charge in [-0.3, -0.25) is 14.4 Å². The van der Waals surface area contributed by atoms with Gasteiger partial charge in [-0.15, -0.1) is 0 Å². The standard InChI is InChI=1S/C22H39N5O6S/c1-2-23-19(29)13-33-14-20(30)25-10-6-12-32-11-5-9-24-18(28)8-4-3-7-17-21-16(15-34-17)26-22(31)27-21/h16-17,21H,2-15H2,1H3,(H,23,29)(H,24,28)(H,25,30)(H2,26,27,31). The van der Waals surface area contributed by atoms with E-state index in [4.69, 9.17) is 9.47 Å². The number of nitrogens with one attached hydrogen (secondary N) is 5. The average molecular weight is 502 g/mol. The summed E-state index contributed by atoms with van der Waals surface area (Å²) in [6.07, 6.45) is 4.77. The van der Waals surface area contributed by atoms with Gasteiger partial charge in [0, 0.05) is 50.3 Å². The maximum absolute atomic E-state index is 12.0. The second-order valence-electron chi connectivity index (χ2n) is 8.33. The monoisotopic (exact) mass is 501 g/mol. The molecule has 5 N–H and O–H groups in total. The Morgan fingerprint density at radius 3 is 2.29 bits per heavy atom. The Balaban J connectivity index is 1.32. The number of fused-ring (bicyclic) bond motifs is 1. The summed E-state index contributed by atoms with van der Waals surface area (Å²) in [5.41, 5.74) is 0. The number of carbonyl (C=O) groups excluding carboxylic acids is 4. The molecule has 3 atom stereocenters. The number of amides is 5. The highest BCUT2D eigenvalue weighted by Crippen LogP contribution is 2.33. The lowest BCUT2D eigenvalue weighted by molar-refractivity contribution is -0.131. The topological polar surface area (TPSA) is 147 Å². The van der Waals surface area contributed by atoms with Crippen LogP contribution in [0.15, 0.2) is 0 Å².